The minimum atomic E-state index is -0.782. The maximum Gasteiger partial charge on any atom is 0.340 e. The zero-order valence-electron chi connectivity index (χ0n) is 8.19. The van der Waals surface area contributed by atoms with Gasteiger partial charge in [-0.15, -0.1) is 0 Å². The average molecular weight is 192 g/mol. The fourth-order valence-corrected chi connectivity index (χ4v) is 1.58. The van der Waals surface area contributed by atoms with E-state index >= 15 is 0 Å². The molecule has 0 spiro atoms. The zero-order valence-corrected chi connectivity index (χ0v) is 8.19. The summed E-state index contributed by atoms with van der Waals surface area (Å²) >= 11 is 0. The highest BCUT2D eigenvalue weighted by atomic mass is 16.7. The van der Waals surface area contributed by atoms with Gasteiger partial charge in [-0.3, -0.25) is 0 Å². The summed E-state index contributed by atoms with van der Waals surface area (Å²) in [6, 6.07) is 9.67. The van der Waals surface area contributed by atoms with Crippen LogP contribution in [0.4, 0.5) is 0 Å². The van der Waals surface area contributed by atoms with Crippen LogP contribution in [0.3, 0.4) is 0 Å². The molecule has 1 heterocycles. The van der Waals surface area contributed by atoms with Crippen LogP contribution in [0, 0.1) is 0 Å². The van der Waals surface area contributed by atoms with Crippen LogP contribution in [-0.2, 0) is 14.3 Å². The van der Waals surface area contributed by atoms with Crippen LogP contribution in [0.25, 0.3) is 0 Å². The first-order valence-electron chi connectivity index (χ1n) is 4.49. The predicted molar refractivity (Wildman–Crippen MR) is 50.7 cm³/mol. The minimum absolute atomic E-state index is 0.156. The highest BCUT2D eigenvalue weighted by Crippen LogP contribution is 2.49. The van der Waals surface area contributed by atoms with Crippen LogP contribution in [0.2, 0.25) is 0 Å². The van der Waals surface area contributed by atoms with Crippen molar-refractivity contribution < 1.29 is 14.3 Å². The lowest BCUT2D eigenvalue weighted by molar-refractivity contribution is -0.146. The second-order valence-corrected chi connectivity index (χ2v) is 3.51. The van der Waals surface area contributed by atoms with Gasteiger partial charge in [-0.05, 0) is 12.5 Å². The van der Waals surface area contributed by atoms with E-state index in [9.17, 15) is 4.79 Å². The topological polar surface area (TPSA) is 38.8 Å². The summed E-state index contributed by atoms with van der Waals surface area (Å²) in [7, 11) is 1.37. The van der Waals surface area contributed by atoms with Gasteiger partial charge in [0.25, 0.3) is 0 Å². The van der Waals surface area contributed by atoms with Crippen molar-refractivity contribution in [3.8, 4) is 0 Å². The molecule has 74 valence electrons. The average Bonchev–Trinajstić information content (AvgIpc) is 2.92. The van der Waals surface area contributed by atoms with E-state index in [4.69, 9.17) is 4.74 Å². The van der Waals surface area contributed by atoms with Gasteiger partial charge in [-0.2, -0.15) is 0 Å². The van der Waals surface area contributed by atoms with Gasteiger partial charge in [0.15, 0.2) is 5.60 Å². The van der Waals surface area contributed by atoms with Crippen molar-refractivity contribution >= 4 is 5.97 Å². The van der Waals surface area contributed by atoms with E-state index in [1.54, 1.807) is 6.92 Å². The molecule has 1 saturated heterocycles. The summed E-state index contributed by atoms with van der Waals surface area (Å²) in [6.07, 6.45) is -0.156. The van der Waals surface area contributed by atoms with Crippen molar-refractivity contribution in [3.05, 3.63) is 35.9 Å². The predicted octanol–water partition coefficient (Wildman–Crippen LogP) is 1.69. The molecule has 0 amide bonds. The summed E-state index contributed by atoms with van der Waals surface area (Å²) in [5.41, 5.74) is 0.233. The van der Waals surface area contributed by atoms with Crippen molar-refractivity contribution in [1.82, 2.24) is 0 Å². The van der Waals surface area contributed by atoms with Crippen LogP contribution in [0.5, 0.6) is 0 Å². The SMILES string of the molecule is COC(=O)[C@@]1(C)O[C@H]1c1ccccc1. The maximum atomic E-state index is 11.3. The molecule has 0 aliphatic carbocycles. The van der Waals surface area contributed by atoms with Gasteiger partial charge in [0.2, 0.25) is 0 Å². The van der Waals surface area contributed by atoms with Gasteiger partial charge in [0.05, 0.1) is 7.11 Å². The zero-order chi connectivity index (χ0) is 10.2. The standard InChI is InChI=1S/C11H12O3/c1-11(10(12)13-2)9(14-11)8-6-4-3-5-7-8/h3-7,9H,1-2H3/t9-,11-/m0/s1. The molecule has 3 heteroatoms. The number of rotatable bonds is 2. The van der Waals surface area contributed by atoms with Crippen LogP contribution >= 0.6 is 0 Å². The van der Waals surface area contributed by atoms with E-state index in [1.807, 2.05) is 30.3 Å². The Morgan fingerprint density at radius 3 is 2.64 bits per heavy atom. The molecule has 0 N–H and O–H groups in total. The number of benzene rings is 1. The second-order valence-electron chi connectivity index (χ2n) is 3.51. The molecule has 1 aliphatic heterocycles. The third-order valence-electron chi connectivity index (χ3n) is 2.50. The molecule has 1 fully saturated rings. The molecule has 0 radical (unpaired) electrons. The van der Waals surface area contributed by atoms with Crippen molar-refractivity contribution in [2.45, 2.75) is 18.6 Å². The molecule has 1 aromatic carbocycles. The highest BCUT2D eigenvalue weighted by Gasteiger charge is 2.60. The lowest BCUT2D eigenvalue weighted by Crippen LogP contribution is -2.22. The normalized spacial score (nSPS) is 29.7. The Balaban J connectivity index is 2.16. The first-order valence-corrected chi connectivity index (χ1v) is 4.49. The lowest BCUT2D eigenvalue weighted by atomic mass is 10.0. The van der Waals surface area contributed by atoms with Crippen molar-refractivity contribution in [2.24, 2.45) is 0 Å². The number of carbonyl (C=O) groups is 1. The summed E-state index contributed by atoms with van der Waals surface area (Å²) in [5, 5.41) is 0. The molecule has 0 aromatic heterocycles. The summed E-state index contributed by atoms with van der Waals surface area (Å²) < 4.78 is 10.0. The van der Waals surface area contributed by atoms with Gasteiger partial charge in [-0.25, -0.2) is 4.79 Å². The molecule has 0 bridgehead atoms. The van der Waals surface area contributed by atoms with E-state index in [2.05, 4.69) is 4.74 Å². The molecule has 3 nitrogen and oxygen atoms in total. The Bertz CT molecular complexity index is 347. The first-order chi connectivity index (χ1) is 6.68. The number of hydrogen-bond donors (Lipinski definition) is 0. The number of ether oxygens (including phenoxy) is 2. The summed E-state index contributed by atoms with van der Waals surface area (Å²) in [4.78, 5) is 11.3. The molecule has 2 atom stereocenters. The number of esters is 1. The molecular formula is C11H12O3. The third kappa shape index (κ3) is 1.30. The quantitative estimate of drug-likeness (QED) is 0.528. The largest absolute Gasteiger partial charge is 0.467 e. The summed E-state index contributed by atoms with van der Waals surface area (Å²) in [6.45, 7) is 1.75. The van der Waals surface area contributed by atoms with Crippen LogP contribution in [-0.4, -0.2) is 18.7 Å². The lowest BCUT2D eigenvalue weighted by Gasteiger charge is -2.02. The smallest absolute Gasteiger partial charge is 0.340 e. The molecule has 14 heavy (non-hydrogen) atoms. The van der Waals surface area contributed by atoms with E-state index in [-0.39, 0.29) is 12.1 Å². The first kappa shape index (κ1) is 9.21. The van der Waals surface area contributed by atoms with E-state index < -0.39 is 5.60 Å². The van der Waals surface area contributed by atoms with Gasteiger partial charge < -0.3 is 9.47 Å². The van der Waals surface area contributed by atoms with Crippen LogP contribution in [0.15, 0.2) is 30.3 Å². The highest BCUT2D eigenvalue weighted by molar-refractivity contribution is 5.83. The Kier molecular flexibility index (Phi) is 2.04. The number of epoxide rings is 1. The molecule has 1 aromatic rings. The van der Waals surface area contributed by atoms with Gasteiger partial charge in [0.1, 0.15) is 6.10 Å². The van der Waals surface area contributed by atoms with E-state index in [1.165, 1.54) is 7.11 Å². The number of methoxy groups -OCH3 is 1. The maximum absolute atomic E-state index is 11.3. The molecular weight excluding hydrogens is 180 g/mol. The van der Waals surface area contributed by atoms with E-state index in [0.717, 1.165) is 5.56 Å². The van der Waals surface area contributed by atoms with Crippen LogP contribution < -0.4 is 0 Å². The van der Waals surface area contributed by atoms with Crippen LogP contribution in [0.1, 0.15) is 18.6 Å². The minimum Gasteiger partial charge on any atom is -0.467 e. The van der Waals surface area contributed by atoms with Crippen molar-refractivity contribution in [1.29, 1.82) is 0 Å². The molecule has 0 saturated carbocycles. The second kappa shape index (κ2) is 3.10. The number of carbonyl (C=O) groups excluding carboxylic acids is 1. The fourth-order valence-electron chi connectivity index (χ4n) is 1.58. The Labute approximate surface area is 82.6 Å². The Morgan fingerprint density at radius 2 is 2.07 bits per heavy atom. The summed E-state index contributed by atoms with van der Waals surface area (Å²) in [5.74, 6) is -0.314. The number of hydrogen-bond acceptors (Lipinski definition) is 3. The van der Waals surface area contributed by atoms with Gasteiger partial charge in [0, 0.05) is 0 Å². The molecule has 0 unspecified atom stereocenters. The van der Waals surface area contributed by atoms with Gasteiger partial charge >= 0.3 is 5.97 Å². The van der Waals surface area contributed by atoms with E-state index in [0.29, 0.717) is 0 Å². The Morgan fingerprint density at radius 1 is 1.43 bits per heavy atom. The molecule has 2 rings (SSSR count). The fraction of sp³-hybridized carbons (Fsp3) is 0.364. The van der Waals surface area contributed by atoms with Crippen molar-refractivity contribution in [2.75, 3.05) is 7.11 Å². The van der Waals surface area contributed by atoms with Gasteiger partial charge in [-0.1, -0.05) is 30.3 Å². The Hall–Kier alpha value is -1.35. The monoisotopic (exact) mass is 192 g/mol. The van der Waals surface area contributed by atoms with Crippen molar-refractivity contribution in [3.63, 3.8) is 0 Å². The third-order valence-corrected chi connectivity index (χ3v) is 2.50. The molecule has 1 aliphatic rings.